The molecule has 0 aliphatic rings. The number of nitrogens with one attached hydrogen (secondary N) is 1. The van der Waals surface area contributed by atoms with Crippen LogP contribution in [0.3, 0.4) is 0 Å². The monoisotopic (exact) mass is 231 g/mol. The second-order valence-corrected chi connectivity index (χ2v) is 4.76. The predicted octanol–water partition coefficient (Wildman–Crippen LogP) is 2.50. The molecule has 4 heteroatoms. The maximum Gasteiger partial charge on any atom is 0.256 e. The van der Waals surface area contributed by atoms with Gasteiger partial charge in [0, 0.05) is 6.54 Å². The van der Waals surface area contributed by atoms with Crippen LogP contribution < -0.4 is 5.32 Å². The van der Waals surface area contributed by atoms with Crippen molar-refractivity contribution in [1.29, 1.82) is 0 Å². The first-order valence-electron chi connectivity index (χ1n) is 4.20. The van der Waals surface area contributed by atoms with E-state index in [4.69, 9.17) is 23.2 Å². The lowest BCUT2D eigenvalue weighted by molar-refractivity contribution is -0.121. The zero-order valence-corrected chi connectivity index (χ0v) is 9.27. The van der Waals surface area contributed by atoms with Gasteiger partial charge in [0.05, 0.1) is 0 Å². The van der Waals surface area contributed by atoms with Crippen LogP contribution in [0.2, 0.25) is 0 Å². The van der Waals surface area contributed by atoms with Gasteiger partial charge in [-0.15, -0.1) is 0 Å². The van der Waals surface area contributed by atoms with E-state index in [0.29, 0.717) is 6.54 Å². The Balaban J connectivity index is 2.46. The van der Waals surface area contributed by atoms with E-state index in [9.17, 15) is 4.79 Å². The number of carbonyl (C=O) groups is 1. The van der Waals surface area contributed by atoms with Crippen LogP contribution in [0.25, 0.3) is 0 Å². The smallest absolute Gasteiger partial charge is 0.256 e. The summed E-state index contributed by atoms with van der Waals surface area (Å²) in [5, 5.41) is 2.64. The highest BCUT2D eigenvalue weighted by molar-refractivity contribution is 6.57. The molecular formula is C10H11Cl2NO. The molecule has 0 saturated heterocycles. The zero-order chi connectivity index (χ0) is 10.6. The summed E-state index contributed by atoms with van der Waals surface area (Å²) in [6, 6.07) is 9.56. The highest BCUT2D eigenvalue weighted by atomic mass is 35.5. The van der Waals surface area contributed by atoms with Crippen molar-refractivity contribution < 1.29 is 4.79 Å². The topological polar surface area (TPSA) is 29.1 Å². The molecule has 0 bridgehead atoms. The molecule has 14 heavy (non-hydrogen) atoms. The SMILES string of the molecule is CC(Cl)(Cl)C(=O)NCc1ccccc1. The van der Waals surface area contributed by atoms with Gasteiger partial charge >= 0.3 is 0 Å². The molecule has 0 fully saturated rings. The molecule has 1 N–H and O–H groups in total. The van der Waals surface area contributed by atoms with Gasteiger partial charge in [-0.3, -0.25) is 4.79 Å². The summed E-state index contributed by atoms with van der Waals surface area (Å²) in [5.41, 5.74) is 1.01. The average Bonchev–Trinajstić information content (AvgIpc) is 2.14. The molecule has 1 amide bonds. The van der Waals surface area contributed by atoms with Gasteiger partial charge in [0.2, 0.25) is 0 Å². The lowest BCUT2D eigenvalue weighted by Crippen LogP contribution is -2.35. The molecule has 0 radical (unpaired) electrons. The average molecular weight is 232 g/mol. The fourth-order valence-electron chi connectivity index (χ4n) is 0.933. The maximum absolute atomic E-state index is 11.3. The van der Waals surface area contributed by atoms with Crippen molar-refractivity contribution in [3.8, 4) is 0 Å². The fourth-order valence-corrected chi connectivity index (χ4v) is 1.07. The zero-order valence-electron chi connectivity index (χ0n) is 7.76. The fraction of sp³-hybridized carbons (Fsp3) is 0.300. The van der Waals surface area contributed by atoms with Crippen molar-refractivity contribution in [3.05, 3.63) is 35.9 Å². The van der Waals surface area contributed by atoms with Crippen molar-refractivity contribution in [3.63, 3.8) is 0 Å². The van der Waals surface area contributed by atoms with Gasteiger partial charge in [-0.25, -0.2) is 0 Å². The van der Waals surface area contributed by atoms with Crippen LogP contribution in [-0.4, -0.2) is 10.2 Å². The Morgan fingerprint density at radius 3 is 2.43 bits per heavy atom. The summed E-state index contributed by atoms with van der Waals surface area (Å²) in [4.78, 5) is 11.3. The predicted molar refractivity (Wildman–Crippen MR) is 58.4 cm³/mol. The minimum atomic E-state index is -1.37. The number of hydrogen-bond acceptors (Lipinski definition) is 1. The molecule has 76 valence electrons. The first kappa shape index (κ1) is 11.3. The van der Waals surface area contributed by atoms with E-state index in [-0.39, 0.29) is 5.91 Å². The number of rotatable bonds is 3. The van der Waals surface area contributed by atoms with E-state index in [1.54, 1.807) is 0 Å². The maximum atomic E-state index is 11.3. The van der Waals surface area contributed by atoms with Crippen LogP contribution in [-0.2, 0) is 11.3 Å². The van der Waals surface area contributed by atoms with Crippen molar-refractivity contribution >= 4 is 29.1 Å². The second-order valence-electron chi connectivity index (χ2n) is 3.06. The van der Waals surface area contributed by atoms with Gasteiger partial charge in [0.15, 0.2) is 4.33 Å². The van der Waals surface area contributed by atoms with Crippen molar-refractivity contribution in [2.24, 2.45) is 0 Å². The van der Waals surface area contributed by atoms with Crippen LogP contribution in [0.4, 0.5) is 0 Å². The van der Waals surface area contributed by atoms with E-state index in [0.717, 1.165) is 5.56 Å². The van der Waals surface area contributed by atoms with E-state index >= 15 is 0 Å². The van der Waals surface area contributed by atoms with Gasteiger partial charge in [0.25, 0.3) is 5.91 Å². The summed E-state index contributed by atoms with van der Waals surface area (Å²) < 4.78 is -1.37. The first-order chi connectivity index (χ1) is 6.50. The Morgan fingerprint density at radius 2 is 1.93 bits per heavy atom. The van der Waals surface area contributed by atoms with Crippen LogP contribution in [0.1, 0.15) is 12.5 Å². The number of amides is 1. The van der Waals surface area contributed by atoms with E-state index < -0.39 is 4.33 Å². The minimum absolute atomic E-state index is 0.385. The molecule has 1 aromatic carbocycles. The highest BCUT2D eigenvalue weighted by Crippen LogP contribution is 2.19. The highest BCUT2D eigenvalue weighted by Gasteiger charge is 2.26. The van der Waals surface area contributed by atoms with E-state index in [1.165, 1.54) is 6.92 Å². The van der Waals surface area contributed by atoms with Gasteiger partial charge in [-0.1, -0.05) is 53.5 Å². The third kappa shape index (κ3) is 3.56. The molecule has 2 nitrogen and oxygen atoms in total. The lowest BCUT2D eigenvalue weighted by Gasteiger charge is -2.13. The molecule has 0 aliphatic heterocycles. The number of benzene rings is 1. The van der Waals surface area contributed by atoms with Crippen molar-refractivity contribution in [1.82, 2.24) is 5.32 Å². The van der Waals surface area contributed by atoms with Gasteiger partial charge < -0.3 is 5.32 Å². The van der Waals surface area contributed by atoms with Crippen molar-refractivity contribution in [2.75, 3.05) is 0 Å². The Labute approximate surface area is 93.2 Å². The third-order valence-electron chi connectivity index (χ3n) is 1.69. The number of halogens is 2. The summed E-state index contributed by atoms with van der Waals surface area (Å²) in [5.74, 6) is -0.385. The second kappa shape index (κ2) is 4.67. The summed E-state index contributed by atoms with van der Waals surface area (Å²) in [6.07, 6.45) is 0. The van der Waals surface area contributed by atoms with E-state index in [2.05, 4.69) is 5.32 Å². The molecule has 0 aromatic heterocycles. The molecule has 0 saturated carbocycles. The Kier molecular flexibility index (Phi) is 3.78. The van der Waals surface area contributed by atoms with Crippen LogP contribution in [0, 0.1) is 0 Å². The molecule has 1 rings (SSSR count). The number of hydrogen-bond donors (Lipinski definition) is 1. The Hall–Kier alpha value is -0.730. The summed E-state index contributed by atoms with van der Waals surface area (Å²) in [7, 11) is 0. The summed E-state index contributed by atoms with van der Waals surface area (Å²) >= 11 is 11.2. The Bertz CT molecular complexity index is 306. The number of carbonyl (C=O) groups excluding carboxylic acids is 1. The molecular weight excluding hydrogens is 221 g/mol. The third-order valence-corrected chi connectivity index (χ3v) is 2.04. The normalized spacial score (nSPS) is 11.1. The van der Waals surface area contributed by atoms with Crippen LogP contribution in [0.15, 0.2) is 30.3 Å². The van der Waals surface area contributed by atoms with Crippen LogP contribution in [0.5, 0.6) is 0 Å². The molecule has 0 spiro atoms. The quantitative estimate of drug-likeness (QED) is 0.797. The lowest BCUT2D eigenvalue weighted by atomic mass is 10.2. The molecule has 0 heterocycles. The molecule has 0 unspecified atom stereocenters. The van der Waals surface area contributed by atoms with Crippen LogP contribution >= 0.6 is 23.2 Å². The van der Waals surface area contributed by atoms with Gasteiger partial charge in [0.1, 0.15) is 0 Å². The largest absolute Gasteiger partial charge is 0.349 e. The molecule has 0 atom stereocenters. The van der Waals surface area contributed by atoms with E-state index in [1.807, 2.05) is 30.3 Å². The van der Waals surface area contributed by atoms with Gasteiger partial charge in [-0.05, 0) is 12.5 Å². The molecule has 1 aromatic rings. The van der Waals surface area contributed by atoms with Crippen molar-refractivity contribution in [2.45, 2.75) is 17.8 Å². The first-order valence-corrected chi connectivity index (χ1v) is 4.96. The molecule has 0 aliphatic carbocycles. The Morgan fingerprint density at radius 1 is 1.36 bits per heavy atom. The summed E-state index contributed by atoms with van der Waals surface area (Å²) in [6.45, 7) is 1.88. The standard InChI is InChI=1S/C10H11Cl2NO/c1-10(11,12)9(14)13-7-8-5-3-2-4-6-8/h2-6H,7H2,1H3,(H,13,14). The number of alkyl halides is 2. The minimum Gasteiger partial charge on any atom is -0.349 e. The van der Waals surface area contributed by atoms with Gasteiger partial charge in [-0.2, -0.15) is 0 Å².